The second kappa shape index (κ2) is 15.3. The lowest BCUT2D eigenvalue weighted by Crippen LogP contribution is -2.38. The molecule has 7 aromatic rings. The Morgan fingerprint density at radius 1 is 0.691 bits per heavy atom. The summed E-state index contributed by atoms with van der Waals surface area (Å²) >= 11 is 1.39. The number of aryl methyl sites for hydroxylation is 5. The molecule has 0 saturated carbocycles. The standard InChI is InChI=1S/C20H20N6O3S.C17H19N5O3/c1-11-5-7-13(8-6-11)15-12(2)30-19(23-15)22-14(27)9-26-10-21-17-16(26)18(28)25(4)20(29)24(17)3;1-11-5-4-6-12(7-11)8-18-13(23)9-22-10-19-15-14(22)16(24)21(3)17(25)20(15)2/h5-8,10H,9H2,1-4H3,(H,22,23,27);4-7,10H,8-9H2,1-3H3,(H,18,23). The Labute approximate surface area is 316 Å². The predicted octanol–water partition coefficient (Wildman–Crippen LogP) is 1.87. The molecule has 55 heavy (non-hydrogen) atoms. The Kier molecular flexibility index (Phi) is 10.6. The lowest BCUT2D eigenvalue weighted by molar-refractivity contribution is -0.121. The Bertz CT molecular complexity index is 2850. The molecular formula is C37H39N11O6S. The summed E-state index contributed by atoms with van der Waals surface area (Å²) in [5.41, 5.74) is 4.15. The highest BCUT2D eigenvalue weighted by Gasteiger charge is 2.18. The van der Waals surface area contributed by atoms with E-state index in [1.807, 2.05) is 69.3 Å². The van der Waals surface area contributed by atoms with Crippen molar-refractivity contribution >= 4 is 50.6 Å². The summed E-state index contributed by atoms with van der Waals surface area (Å²) in [6, 6.07) is 15.9. The van der Waals surface area contributed by atoms with Crippen molar-refractivity contribution in [1.82, 2.24) is 47.7 Å². The zero-order valence-electron chi connectivity index (χ0n) is 31.3. The van der Waals surface area contributed by atoms with Crippen molar-refractivity contribution in [2.45, 2.75) is 40.4 Å². The van der Waals surface area contributed by atoms with Gasteiger partial charge in [0.25, 0.3) is 11.1 Å². The number of hydrogen-bond donors (Lipinski definition) is 2. The summed E-state index contributed by atoms with van der Waals surface area (Å²) in [4.78, 5) is 87.4. The van der Waals surface area contributed by atoms with Gasteiger partial charge in [0.15, 0.2) is 27.5 Å². The van der Waals surface area contributed by atoms with E-state index in [-0.39, 0.29) is 47.2 Å². The molecule has 18 heteroatoms. The summed E-state index contributed by atoms with van der Waals surface area (Å²) in [5, 5.41) is 6.10. The minimum atomic E-state index is -0.495. The Morgan fingerprint density at radius 2 is 1.24 bits per heavy atom. The first kappa shape index (κ1) is 38.0. The van der Waals surface area contributed by atoms with Gasteiger partial charge in [-0.3, -0.25) is 37.4 Å². The van der Waals surface area contributed by atoms with Crippen molar-refractivity contribution in [2.75, 3.05) is 5.32 Å². The molecule has 2 amide bonds. The van der Waals surface area contributed by atoms with Gasteiger partial charge < -0.3 is 19.8 Å². The van der Waals surface area contributed by atoms with Gasteiger partial charge in [-0.15, -0.1) is 11.3 Å². The molecule has 0 fully saturated rings. The first-order valence-electron chi connectivity index (χ1n) is 17.0. The molecule has 5 heterocycles. The second-order valence-electron chi connectivity index (χ2n) is 13.1. The van der Waals surface area contributed by atoms with Crippen molar-refractivity contribution in [3.63, 3.8) is 0 Å². The molecular weight excluding hydrogens is 727 g/mol. The third kappa shape index (κ3) is 7.70. The number of imidazole rings is 2. The lowest BCUT2D eigenvalue weighted by atomic mass is 10.1. The van der Waals surface area contributed by atoms with Crippen molar-refractivity contribution in [2.24, 2.45) is 28.2 Å². The van der Waals surface area contributed by atoms with Crippen LogP contribution in [-0.4, -0.2) is 54.2 Å². The third-order valence-electron chi connectivity index (χ3n) is 9.00. The summed E-state index contributed by atoms with van der Waals surface area (Å²) < 4.78 is 7.47. The van der Waals surface area contributed by atoms with Crippen LogP contribution in [0.3, 0.4) is 0 Å². The first-order valence-corrected chi connectivity index (χ1v) is 17.8. The number of hydrogen-bond acceptors (Lipinski definition) is 10. The maximum atomic E-state index is 12.6. The first-order chi connectivity index (χ1) is 26.1. The topological polar surface area (TPSA) is 195 Å². The second-order valence-corrected chi connectivity index (χ2v) is 14.3. The number of aromatic nitrogens is 9. The van der Waals surface area contributed by atoms with E-state index in [1.165, 1.54) is 63.4 Å². The summed E-state index contributed by atoms with van der Waals surface area (Å²) in [7, 11) is 5.87. The number of amides is 2. The van der Waals surface area contributed by atoms with E-state index in [0.717, 1.165) is 42.0 Å². The van der Waals surface area contributed by atoms with E-state index < -0.39 is 22.5 Å². The fourth-order valence-corrected chi connectivity index (χ4v) is 6.86. The minimum absolute atomic E-state index is 0.0459. The quantitative estimate of drug-likeness (QED) is 0.232. The van der Waals surface area contributed by atoms with Gasteiger partial charge in [0, 0.05) is 45.2 Å². The van der Waals surface area contributed by atoms with Crippen molar-refractivity contribution < 1.29 is 9.59 Å². The maximum absolute atomic E-state index is 12.6. The molecule has 0 aliphatic heterocycles. The molecule has 284 valence electrons. The molecule has 0 atom stereocenters. The van der Waals surface area contributed by atoms with Gasteiger partial charge in [0.05, 0.1) is 18.3 Å². The molecule has 5 aromatic heterocycles. The number of carbonyl (C=O) groups excluding carboxylic acids is 2. The number of anilines is 1. The molecule has 17 nitrogen and oxygen atoms in total. The molecule has 0 spiro atoms. The fourth-order valence-electron chi connectivity index (χ4n) is 6.01. The fraction of sp³-hybridized carbons (Fsp3) is 0.270. The molecule has 0 radical (unpaired) electrons. The van der Waals surface area contributed by atoms with E-state index >= 15 is 0 Å². The summed E-state index contributed by atoms with van der Waals surface area (Å²) in [5.74, 6) is -0.578. The van der Waals surface area contributed by atoms with E-state index in [1.54, 1.807) is 7.05 Å². The van der Waals surface area contributed by atoms with Gasteiger partial charge in [-0.05, 0) is 26.3 Å². The maximum Gasteiger partial charge on any atom is 0.332 e. The number of carbonyl (C=O) groups is 2. The van der Waals surface area contributed by atoms with Crippen molar-refractivity contribution in [3.05, 3.63) is 124 Å². The SMILES string of the molecule is Cc1ccc(-c2nc(NC(=O)Cn3cnc4c3c(=O)n(C)c(=O)n4C)sc2C)cc1.Cc1cccc(CNC(=O)Cn2cnc3c2c(=O)n(C)c(=O)n3C)c1. The number of nitrogens with zero attached hydrogens (tertiary/aromatic N) is 9. The van der Waals surface area contributed by atoms with Crippen LogP contribution >= 0.6 is 11.3 Å². The molecule has 7 rings (SSSR count). The summed E-state index contributed by atoms with van der Waals surface area (Å²) in [6.07, 6.45) is 2.79. The van der Waals surface area contributed by atoms with Crippen LogP contribution in [0.1, 0.15) is 21.6 Å². The number of nitrogens with one attached hydrogen (secondary N) is 2. The van der Waals surface area contributed by atoms with E-state index in [0.29, 0.717) is 11.7 Å². The van der Waals surface area contributed by atoms with Crippen LogP contribution in [0.5, 0.6) is 0 Å². The molecule has 0 unspecified atom stereocenters. The van der Waals surface area contributed by atoms with Gasteiger partial charge in [0.2, 0.25) is 11.8 Å². The lowest BCUT2D eigenvalue weighted by Gasteiger charge is -2.08. The monoisotopic (exact) mass is 765 g/mol. The molecule has 0 aliphatic rings. The van der Waals surface area contributed by atoms with Crippen LogP contribution in [0.25, 0.3) is 33.6 Å². The number of thiazole rings is 1. The Morgan fingerprint density at radius 3 is 1.78 bits per heavy atom. The smallest absolute Gasteiger partial charge is 0.332 e. The Balaban J connectivity index is 0.000000190. The van der Waals surface area contributed by atoms with E-state index in [2.05, 4.69) is 25.6 Å². The minimum Gasteiger partial charge on any atom is -0.350 e. The average molecular weight is 766 g/mol. The summed E-state index contributed by atoms with van der Waals surface area (Å²) in [6.45, 7) is 6.20. The number of rotatable bonds is 8. The van der Waals surface area contributed by atoms with E-state index in [4.69, 9.17) is 0 Å². The van der Waals surface area contributed by atoms with E-state index in [9.17, 15) is 28.8 Å². The largest absolute Gasteiger partial charge is 0.350 e. The molecule has 0 bridgehead atoms. The predicted molar refractivity (Wildman–Crippen MR) is 209 cm³/mol. The third-order valence-corrected chi connectivity index (χ3v) is 9.89. The number of benzene rings is 2. The van der Waals surface area contributed by atoms with Gasteiger partial charge in [0.1, 0.15) is 13.1 Å². The average Bonchev–Trinajstić information content (AvgIpc) is 3.88. The van der Waals surface area contributed by atoms with Crippen LogP contribution in [0, 0.1) is 20.8 Å². The normalized spacial score (nSPS) is 11.1. The van der Waals surface area contributed by atoms with Gasteiger partial charge in [-0.25, -0.2) is 24.5 Å². The van der Waals surface area contributed by atoms with Crippen LogP contribution in [0.15, 0.2) is 80.4 Å². The highest BCUT2D eigenvalue weighted by molar-refractivity contribution is 7.16. The number of fused-ring (bicyclic) bond motifs is 2. The highest BCUT2D eigenvalue weighted by atomic mass is 32.1. The van der Waals surface area contributed by atoms with Crippen LogP contribution in [0.4, 0.5) is 5.13 Å². The zero-order chi connectivity index (χ0) is 39.7. The molecule has 0 saturated heterocycles. The van der Waals surface area contributed by atoms with Crippen molar-refractivity contribution in [3.8, 4) is 11.3 Å². The highest BCUT2D eigenvalue weighted by Crippen LogP contribution is 2.30. The van der Waals surface area contributed by atoms with Crippen molar-refractivity contribution in [1.29, 1.82) is 0 Å². The van der Waals surface area contributed by atoms with Gasteiger partial charge in [-0.2, -0.15) is 0 Å². The van der Waals surface area contributed by atoms with Gasteiger partial charge in [-0.1, -0.05) is 59.7 Å². The van der Waals surface area contributed by atoms with Crippen LogP contribution in [0.2, 0.25) is 0 Å². The molecule has 2 aromatic carbocycles. The molecule has 0 aliphatic carbocycles. The van der Waals surface area contributed by atoms with Crippen LogP contribution < -0.4 is 33.1 Å². The Hall–Kier alpha value is -6.69. The van der Waals surface area contributed by atoms with Crippen LogP contribution in [-0.2, 0) is 57.4 Å². The zero-order valence-corrected chi connectivity index (χ0v) is 32.1. The molecule has 2 N–H and O–H groups in total. The van der Waals surface area contributed by atoms with Gasteiger partial charge >= 0.3 is 11.4 Å².